The number of rotatable bonds is 5. The molecule has 0 bridgehead atoms. The standard InChI is InChI=1S/C21H24N8O3/c1-4-31-20-25-19(32-27-20)26-21(30)29-10-12-7-14(8-13(12)11-29)28(3)17-15-5-6-23-18(15)24-9-16(17)22-2/h5-6,9,12-14H,4,7-8,10-11H2,1,3H3,(H,23,24)(H,25,26,27,30)/t12-,13+,14?. The van der Waals surface area contributed by atoms with Crippen molar-refractivity contribution in [2.75, 3.05) is 37.0 Å². The molecule has 5 rings (SSSR count). The highest BCUT2D eigenvalue weighted by Gasteiger charge is 2.44. The van der Waals surface area contributed by atoms with Crippen LogP contribution in [0.3, 0.4) is 0 Å². The topological polar surface area (TPSA) is 117 Å². The van der Waals surface area contributed by atoms with Crippen molar-refractivity contribution < 1.29 is 14.1 Å². The molecule has 0 spiro atoms. The lowest BCUT2D eigenvalue weighted by Crippen LogP contribution is -2.36. The van der Waals surface area contributed by atoms with Crippen LogP contribution in [-0.4, -0.2) is 63.8 Å². The molecule has 2 N–H and O–H groups in total. The van der Waals surface area contributed by atoms with E-state index in [1.807, 2.05) is 19.2 Å². The van der Waals surface area contributed by atoms with Crippen LogP contribution in [-0.2, 0) is 0 Å². The summed E-state index contributed by atoms with van der Waals surface area (Å²) < 4.78 is 10.2. The molecule has 0 radical (unpaired) electrons. The van der Waals surface area contributed by atoms with Crippen LogP contribution >= 0.6 is 0 Å². The number of fused-ring (bicyclic) bond motifs is 2. The molecule has 0 aromatic carbocycles. The van der Waals surface area contributed by atoms with Crippen molar-refractivity contribution in [3.8, 4) is 6.01 Å². The van der Waals surface area contributed by atoms with Gasteiger partial charge >= 0.3 is 18.1 Å². The van der Waals surface area contributed by atoms with Crippen molar-refractivity contribution in [3.05, 3.63) is 29.9 Å². The summed E-state index contributed by atoms with van der Waals surface area (Å²) in [5, 5.41) is 7.28. The summed E-state index contributed by atoms with van der Waals surface area (Å²) in [5.74, 6) is 0.824. The predicted molar refractivity (Wildman–Crippen MR) is 117 cm³/mol. The minimum Gasteiger partial charge on any atom is -0.462 e. The molecule has 1 aliphatic carbocycles. The van der Waals surface area contributed by atoms with Gasteiger partial charge in [-0.3, -0.25) is 10.3 Å². The van der Waals surface area contributed by atoms with Crippen LogP contribution in [0, 0.1) is 18.4 Å². The van der Waals surface area contributed by atoms with Gasteiger partial charge in [-0.05, 0) is 42.8 Å². The summed E-state index contributed by atoms with van der Waals surface area (Å²) in [7, 11) is 2.05. The van der Waals surface area contributed by atoms with Crippen molar-refractivity contribution in [2.24, 2.45) is 11.8 Å². The monoisotopic (exact) mass is 436 g/mol. The smallest absolute Gasteiger partial charge is 0.355 e. The van der Waals surface area contributed by atoms with Crippen molar-refractivity contribution in [2.45, 2.75) is 25.8 Å². The van der Waals surface area contributed by atoms with Crippen LogP contribution < -0.4 is 15.0 Å². The van der Waals surface area contributed by atoms with Gasteiger partial charge in [0.25, 0.3) is 0 Å². The van der Waals surface area contributed by atoms with E-state index in [2.05, 4.69) is 42.2 Å². The van der Waals surface area contributed by atoms with Gasteiger partial charge in [-0.1, -0.05) is 0 Å². The molecular formula is C21H24N8O3. The van der Waals surface area contributed by atoms with Crippen molar-refractivity contribution in [3.63, 3.8) is 0 Å². The normalized spacial score (nSPS) is 22.0. The van der Waals surface area contributed by atoms with E-state index < -0.39 is 0 Å². The molecule has 2 amide bonds. The highest BCUT2D eigenvalue weighted by atomic mass is 16.6. The number of carbonyl (C=O) groups excluding carboxylic acids is 1. The largest absolute Gasteiger partial charge is 0.462 e. The van der Waals surface area contributed by atoms with E-state index in [4.69, 9.17) is 15.8 Å². The van der Waals surface area contributed by atoms with Crippen LogP contribution in [0.15, 0.2) is 23.0 Å². The van der Waals surface area contributed by atoms with Gasteiger partial charge in [0.1, 0.15) is 5.65 Å². The number of aromatic amines is 1. The molecule has 166 valence electrons. The fourth-order valence-electron chi connectivity index (χ4n) is 4.99. The molecule has 3 aromatic rings. The molecule has 2 aliphatic rings. The van der Waals surface area contributed by atoms with Crippen LogP contribution in [0.2, 0.25) is 0 Å². The Morgan fingerprint density at radius 3 is 2.94 bits per heavy atom. The first-order valence-corrected chi connectivity index (χ1v) is 10.7. The lowest BCUT2D eigenvalue weighted by molar-refractivity contribution is 0.217. The molecule has 4 heterocycles. The Balaban J connectivity index is 1.24. The molecule has 1 saturated heterocycles. The lowest BCUT2D eigenvalue weighted by Gasteiger charge is -2.30. The second kappa shape index (κ2) is 8.03. The van der Waals surface area contributed by atoms with Gasteiger partial charge in [-0.25, -0.2) is 9.64 Å². The molecule has 1 aliphatic heterocycles. The number of urea groups is 1. The van der Waals surface area contributed by atoms with Gasteiger partial charge in [0.2, 0.25) is 5.69 Å². The Labute approximate surface area is 184 Å². The maximum Gasteiger partial charge on any atom is 0.355 e. The van der Waals surface area contributed by atoms with Crippen LogP contribution in [0.25, 0.3) is 15.9 Å². The maximum absolute atomic E-state index is 12.6. The van der Waals surface area contributed by atoms with E-state index in [-0.39, 0.29) is 18.1 Å². The Hall–Kier alpha value is -3.81. The number of ether oxygens (including phenoxy) is 1. The number of hydrogen-bond donors (Lipinski definition) is 2. The van der Waals surface area contributed by atoms with Crippen molar-refractivity contribution >= 4 is 34.5 Å². The quantitative estimate of drug-likeness (QED) is 0.590. The summed E-state index contributed by atoms with van der Waals surface area (Å²) in [4.78, 5) is 31.8. The summed E-state index contributed by atoms with van der Waals surface area (Å²) in [6.07, 6.45) is 5.41. The number of nitrogens with zero attached hydrogens (tertiary/aromatic N) is 6. The van der Waals surface area contributed by atoms with E-state index in [1.165, 1.54) is 0 Å². The SMILES string of the molecule is [C-]#[N+]c1cnc2[nH]ccc2c1N(C)C1C[C@@H]2CN(C(=O)Nc3nc(OCC)no3)C[C@@H]2C1. The fourth-order valence-corrected chi connectivity index (χ4v) is 4.99. The molecule has 32 heavy (non-hydrogen) atoms. The van der Waals surface area contributed by atoms with Crippen LogP contribution in [0.5, 0.6) is 6.01 Å². The van der Waals surface area contributed by atoms with Gasteiger partial charge in [-0.2, -0.15) is 0 Å². The number of hydrogen-bond acceptors (Lipinski definition) is 7. The second-order valence-corrected chi connectivity index (χ2v) is 8.25. The number of pyridine rings is 1. The van der Waals surface area contributed by atoms with E-state index in [0.717, 1.165) is 29.6 Å². The highest BCUT2D eigenvalue weighted by molar-refractivity contribution is 5.97. The first kappa shape index (κ1) is 20.1. The van der Waals surface area contributed by atoms with Crippen LogP contribution in [0.1, 0.15) is 19.8 Å². The highest BCUT2D eigenvalue weighted by Crippen LogP contribution is 2.44. The molecule has 2 fully saturated rings. The number of likely N-dealkylation sites (tertiary alicyclic amines) is 1. The number of anilines is 2. The number of amides is 2. The number of nitrogens with one attached hydrogen (secondary N) is 2. The first-order valence-electron chi connectivity index (χ1n) is 10.7. The predicted octanol–water partition coefficient (Wildman–Crippen LogP) is 3.27. The average molecular weight is 436 g/mol. The summed E-state index contributed by atoms with van der Waals surface area (Å²) in [5.41, 5.74) is 2.27. The number of H-pyrrole nitrogens is 1. The zero-order valence-electron chi connectivity index (χ0n) is 17.9. The summed E-state index contributed by atoms with van der Waals surface area (Å²) >= 11 is 0. The summed E-state index contributed by atoms with van der Waals surface area (Å²) in [6, 6.07) is 2.18. The van der Waals surface area contributed by atoms with Gasteiger partial charge in [-0.15, -0.1) is 4.98 Å². The van der Waals surface area contributed by atoms with E-state index in [1.54, 1.807) is 11.1 Å². The lowest BCUT2D eigenvalue weighted by atomic mass is 10.0. The van der Waals surface area contributed by atoms with Gasteiger partial charge in [0.15, 0.2) is 0 Å². The second-order valence-electron chi connectivity index (χ2n) is 8.25. The van der Waals surface area contributed by atoms with Gasteiger partial charge in [0, 0.05) is 44.0 Å². The average Bonchev–Trinajstić information content (AvgIpc) is 3.55. The van der Waals surface area contributed by atoms with Crippen molar-refractivity contribution in [1.29, 1.82) is 0 Å². The van der Waals surface area contributed by atoms with Crippen LogP contribution in [0.4, 0.5) is 22.2 Å². The Bertz CT molecular complexity index is 1170. The molecule has 11 heteroatoms. The summed E-state index contributed by atoms with van der Waals surface area (Å²) in [6.45, 7) is 11.2. The van der Waals surface area contributed by atoms with Crippen molar-refractivity contribution in [1.82, 2.24) is 25.0 Å². The zero-order chi connectivity index (χ0) is 22.2. The van der Waals surface area contributed by atoms with Gasteiger partial charge in [0.05, 0.1) is 18.9 Å². The molecule has 1 unspecified atom stereocenters. The fraction of sp³-hybridized carbons (Fsp3) is 0.476. The van der Waals surface area contributed by atoms with E-state index in [0.29, 0.717) is 43.3 Å². The molecular weight excluding hydrogens is 412 g/mol. The Morgan fingerprint density at radius 2 is 2.22 bits per heavy atom. The molecule has 11 nitrogen and oxygen atoms in total. The molecule has 3 aromatic heterocycles. The molecule has 3 atom stereocenters. The third-order valence-electron chi connectivity index (χ3n) is 6.47. The number of aromatic nitrogens is 4. The Morgan fingerprint density at radius 1 is 1.44 bits per heavy atom. The van der Waals surface area contributed by atoms with Gasteiger partial charge < -0.3 is 24.0 Å². The third kappa shape index (κ3) is 3.47. The number of carbonyl (C=O) groups is 1. The zero-order valence-corrected chi connectivity index (χ0v) is 17.9. The third-order valence-corrected chi connectivity index (χ3v) is 6.47. The minimum absolute atomic E-state index is 0.0352. The van der Waals surface area contributed by atoms with E-state index in [9.17, 15) is 4.79 Å². The minimum atomic E-state index is -0.241. The van der Waals surface area contributed by atoms with E-state index >= 15 is 0 Å². The Kier molecular flexibility index (Phi) is 5.05. The first-order chi connectivity index (χ1) is 15.6. The maximum atomic E-state index is 12.6. The molecule has 1 saturated carbocycles.